The van der Waals surface area contributed by atoms with Gasteiger partial charge < -0.3 is 42.8 Å². The summed E-state index contributed by atoms with van der Waals surface area (Å²) in [6.45, 7) is 20.2. The summed E-state index contributed by atoms with van der Waals surface area (Å²) in [7, 11) is 0. The van der Waals surface area contributed by atoms with Crippen molar-refractivity contribution in [3.63, 3.8) is 0 Å². The summed E-state index contributed by atoms with van der Waals surface area (Å²) in [6, 6.07) is 6.93. The van der Waals surface area contributed by atoms with Crippen molar-refractivity contribution < 1.29 is 4.74 Å². The highest BCUT2D eigenvalue weighted by Crippen LogP contribution is 2.21. The SMILES string of the molecule is CCCCCCCCNCCCNCCC(N)Cc1cc(CC(N)CCNCCCNCCCCCCCC)cc(OCCCNCC(C)C)c1. The Kier molecular flexibility index (Phi) is 33.5. The van der Waals surface area contributed by atoms with E-state index in [-0.39, 0.29) is 12.1 Å². The number of hydrogen-bond donors (Lipinski definition) is 7. The molecule has 0 aliphatic heterocycles. The Morgan fingerprint density at radius 2 is 0.902 bits per heavy atom. The average Bonchev–Trinajstić information content (AvgIpc) is 3.10. The molecule has 0 amide bonds. The molecule has 51 heavy (non-hydrogen) atoms. The maximum Gasteiger partial charge on any atom is 0.119 e. The molecule has 0 saturated heterocycles. The molecule has 0 radical (unpaired) electrons. The van der Waals surface area contributed by atoms with E-state index >= 15 is 0 Å². The Labute approximate surface area is 316 Å². The highest BCUT2D eigenvalue weighted by atomic mass is 16.5. The second kappa shape index (κ2) is 35.8. The zero-order chi connectivity index (χ0) is 37.0. The third-order valence-corrected chi connectivity index (χ3v) is 9.55. The molecule has 2 atom stereocenters. The van der Waals surface area contributed by atoms with E-state index in [1.807, 2.05) is 0 Å². The molecule has 9 N–H and O–H groups in total. The Morgan fingerprint density at radius 1 is 0.490 bits per heavy atom. The fourth-order valence-corrected chi connectivity index (χ4v) is 6.45. The van der Waals surface area contributed by atoms with Gasteiger partial charge in [0.2, 0.25) is 0 Å². The van der Waals surface area contributed by atoms with Gasteiger partial charge in [0, 0.05) is 12.1 Å². The Morgan fingerprint density at radius 3 is 1.37 bits per heavy atom. The van der Waals surface area contributed by atoms with E-state index < -0.39 is 0 Å². The van der Waals surface area contributed by atoms with E-state index in [1.54, 1.807) is 0 Å². The molecule has 0 fully saturated rings. The Bertz CT molecular complexity index is 815. The predicted octanol–water partition coefficient (Wildman–Crippen LogP) is 7.08. The highest BCUT2D eigenvalue weighted by molar-refractivity contribution is 5.35. The molecule has 0 bridgehead atoms. The van der Waals surface area contributed by atoms with Crippen LogP contribution < -0.4 is 42.8 Å². The minimum atomic E-state index is 0.116. The molecular formula is C43H87N7O. The van der Waals surface area contributed by atoms with Gasteiger partial charge in [-0.25, -0.2) is 0 Å². The minimum absolute atomic E-state index is 0.116. The van der Waals surface area contributed by atoms with Crippen LogP contribution in [0.5, 0.6) is 5.75 Å². The van der Waals surface area contributed by atoms with Crippen LogP contribution in [0.15, 0.2) is 18.2 Å². The lowest BCUT2D eigenvalue weighted by Gasteiger charge is -2.17. The van der Waals surface area contributed by atoms with Gasteiger partial charge in [0.25, 0.3) is 0 Å². The molecule has 0 saturated carbocycles. The lowest BCUT2D eigenvalue weighted by Crippen LogP contribution is -2.30. The molecule has 1 aromatic rings. The van der Waals surface area contributed by atoms with Crippen molar-refractivity contribution in [3.8, 4) is 5.75 Å². The fraction of sp³-hybridized carbons (Fsp3) is 0.860. The summed E-state index contributed by atoms with van der Waals surface area (Å²) in [5.41, 5.74) is 15.8. The molecule has 2 unspecified atom stereocenters. The minimum Gasteiger partial charge on any atom is -0.494 e. The molecule has 1 rings (SSSR count). The zero-order valence-electron chi connectivity index (χ0n) is 34.2. The molecular weight excluding hydrogens is 631 g/mol. The summed E-state index contributed by atoms with van der Waals surface area (Å²) in [5, 5.41) is 17.9. The van der Waals surface area contributed by atoms with Gasteiger partial charge in [0.05, 0.1) is 6.61 Å². The number of nitrogens with two attached hydrogens (primary N) is 2. The lowest BCUT2D eigenvalue weighted by atomic mass is 9.97. The van der Waals surface area contributed by atoms with E-state index in [1.165, 1.54) is 88.2 Å². The first-order chi connectivity index (χ1) is 24.9. The third-order valence-electron chi connectivity index (χ3n) is 9.55. The van der Waals surface area contributed by atoms with Crippen LogP contribution >= 0.6 is 0 Å². The topological polar surface area (TPSA) is 121 Å². The van der Waals surface area contributed by atoms with Crippen LogP contribution in [0.1, 0.15) is 148 Å². The maximum atomic E-state index is 6.65. The van der Waals surface area contributed by atoms with Crippen LogP contribution in [0.25, 0.3) is 0 Å². The van der Waals surface area contributed by atoms with Gasteiger partial charge >= 0.3 is 0 Å². The number of unbranched alkanes of at least 4 members (excludes halogenated alkanes) is 10. The first-order valence-electron chi connectivity index (χ1n) is 21.7. The Hall–Kier alpha value is -1.26. The fourth-order valence-electron chi connectivity index (χ4n) is 6.45. The smallest absolute Gasteiger partial charge is 0.119 e. The molecule has 0 aliphatic carbocycles. The molecule has 0 aromatic heterocycles. The first kappa shape index (κ1) is 47.8. The third kappa shape index (κ3) is 31.9. The number of nitrogens with one attached hydrogen (secondary N) is 5. The van der Waals surface area contributed by atoms with Gasteiger partial charge in [0.1, 0.15) is 5.75 Å². The number of rotatable bonds is 39. The molecule has 300 valence electrons. The summed E-state index contributed by atoms with van der Waals surface area (Å²) in [6.07, 6.45) is 23.2. The van der Waals surface area contributed by atoms with Gasteiger partial charge in [-0.05, 0) is 152 Å². The summed E-state index contributed by atoms with van der Waals surface area (Å²) >= 11 is 0. The van der Waals surface area contributed by atoms with E-state index in [2.05, 4.69) is 72.5 Å². The van der Waals surface area contributed by atoms with Crippen LogP contribution in [-0.4, -0.2) is 84.1 Å². The molecule has 8 heteroatoms. The summed E-state index contributed by atoms with van der Waals surface area (Å²) in [5.74, 6) is 1.61. The number of ether oxygens (including phenoxy) is 1. The summed E-state index contributed by atoms with van der Waals surface area (Å²) in [4.78, 5) is 0. The standard InChI is InChI=1S/C43H87N7O/c1-5-7-9-11-13-15-22-46-24-17-26-48-29-20-41(44)33-39-32-40(36-43(35-39)51-31-19-28-50-37-38(3)4)34-42(45)21-30-49-27-18-25-47-23-16-14-12-10-8-6-2/h32,35-36,38,41-42,46-50H,5-31,33-34,37,44-45H2,1-4H3. The van der Waals surface area contributed by atoms with Crippen LogP contribution in [0.3, 0.4) is 0 Å². The van der Waals surface area contributed by atoms with Crippen LogP contribution in [-0.2, 0) is 12.8 Å². The lowest BCUT2D eigenvalue weighted by molar-refractivity contribution is 0.306. The van der Waals surface area contributed by atoms with Crippen molar-refractivity contribution in [1.82, 2.24) is 26.6 Å². The average molecular weight is 718 g/mol. The maximum absolute atomic E-state index is 6.65. The van der Waals surface area contributed by atoms with Crippen molar-refractivity contribution in [2.24, 2.45) is 17.4 Å². The van der Waals surface area contributed by atoms with Gasteiger partial charge in [0.15, 0.2) is 0 Å². The van der Waals surface area contributed by atoms with Crippen LogP contribution in [0, 0.1) is 5.92 Å². The van der Waals surface area contributed by atoms with Gasteiger partial charge in [-0.15, -0.1) is 0 Å². The number of hydrogen-bond acceptors (Lipinski definition) is 8. The van der Waals surface area contributed by atoms with Crippen molar-refractivity contribution >= 4 is 0 Å². The van der Waals surface area contributed by atoms with Crippen LogP contribution in [0.4, 0.5) is 0 Å². The van der Waals surface area contributed by atoms with E-state index in [9.17, 15) is 0 Å². The van der Waals surface area contributed by atoms with Crippen LogP contribution in [0.2, 0.25) is 0 Å². The highest BCUT2D eigenvalue weighted by Gasteiger charge is 2.11. The quantitative estimate of drug-likeness (QED) is 0.0361. The van der Waals surface area contributed by atoms with Crippen molar-refractivity contribution in [3.05, 3.63) is 29.3 Å². The Balaban J connectivity index is 2.38. The normalized spacial score (nSPS) is 12.9. The van der Waals surface area contributed by atoms with E-state index in [0.29, 0.717) is 12.5 Å². The molecule has 8 nitrogen and oxygen atoms in total. The van der Waals surface area contributed by atoms with Crippen molar-refractivity contribution in [2.75, 3.05) is 72.1 Å². The van der Waals surface area contributed by atoms with Crippen molar-refractivity contribution in [2.45, 2.75) is 162 Å². The molecule has 1 aromatic carbocycles. The molecule has 0 heterocycles. The number of benzene rings is 1. The monoisotopic (exact) mass is 718 g/mol. The van der Waals surface area contributed by atoms with Gasteiger partial charge in [-0.1, -0.05) is 98.0 Å². The molecule has 0 aliphatic rings. The van der Waals surface area contributed by atoms with Crippen molar-refractivity contribution in [1.29, 1.82) is 0 Å². The van der Waals surface area contributed by atoms with E-state index in [4.69, 9.17) is 16.2 Å². The largest absolute Gasteiger partial charge is 0.494 e. The molecule has 0 spiro atoms. The second-order valence-electron chi connectivity index (χ2n) is 15.5. The van der Waals surface area contributed by atoms with Gasteiger partial charge in [-0.3, -0.25) is 0 Å². The van der Waals surface area contributed by atoms with Gasteiger partial charge in [-0.2, -0.15) is 0 Å². The first-order valence-corrected chi connectivity index (χ1v) is 21.7. The zero-order valence-corrected chi connectivity index (χ0v) is 34.2. The summed E-state index contributed by atoms with van der Waals surface area (Å²) < 4.78 is 6.26. The predicted molar refractivity (Wildman–Crippen MR) is 224 cm³/mol. The second-order valence-corrected chi connectivity index (χ2v) is 15.5. The van der Waals surface area contributed by atoms with E-state index in [0.717, 1.165) is 116 Å².